The van der Waals surface area contributed by atoms with Crippen molar-refractivity contribution < 1.29 is 4.39 Å². The summed E-state index contributed by atoms with van der Waals surface area (Å²) in [5.74, 6) is 0. The van der Waals surface area contributed by atoms with Crippen LogP contribution in [0.2, 0.25) is 0 Å². The van der Waals surface area contributed by atoms with Crippen LogP contribution < -0.4 is 5.73 Å². The van der Waals surface area contributed by atoms with Gasteiger partial charge in [0.25, 0.3) is 0 Å². The van der Waals surface area contributed by atoms with Crippen molar-refractivity contribution in [2.45, 2.75) is 6.04 Å². The standard InChI is InChI=1S/C8H9BrFN.ClH/c9-7-4-2-1-3-6(7)8(11)5-10;/h1-4,8H,5,11H2;1H. The predicted octanol–water partition coefficient (Wildman–Crippen LogP) is 2.84. The van der Waals surface area contributed by atoms with Gasteiger partial charge in [-0.2, -0.15) is 0 Å². The Morgan fingerprint density at radius 1 is 1.42 bits per heavy atom. The monoisotopic (exact) mass is 253 g/mol. The molecule has 0 radical (unpaired) electrons. The molecule has 0 fully saturated rings. The second-order valence-corrected chi connectivity index (χ2v) is 3.14. The molecule has 0 aliphatic carbocycles. The van der Waals surface area contributed by atoms with Crippen LogP contribution in [-0.2, 0) is 0 Å². The fourth-order valence-electron chi connectivity index (χ4n) is 0.859. The van der Waals surface area contributed by atoms with Crippen molar-refractivity contribution in [3.05, 3.63) is 34.3 Å². The van der Waals surface area contributed by atoms with Crippen LogP contribution in [0.1, 0.15) is 11.6 Å². The van der Waals surface area contributed by atoms with Gasteiger partial charge in [0, 0.05) is 4.47 Å². The quantitative estimate of drug-likeness (QED) is 0.863. The first-order chi connectivity index (χ1) is 5.25. The molecule has 4 heteroatoms. The Bertz CT molecular complexity index is 244. The molecule has 0 aliphatic rings. The number of nitrogens with two attached hydrogens (primary N) is 1. The van der Waals surface area contributed by atoms with Crippen LogP contribution >= 0.6 is 28.3 Å². The van der Waals surface area contributed by atoms with Gasteiger partial charge in [-0.15, -0.1) is 12.4 Å². The molecule has 12 heavy (non-hydrogen) atoms. The van der Waals surface area contributed by atoms with E-state index in [1.54, 1.807) is 0 Å². The van der Waals surface area contributed by atoms with Crippen molar-refractivity contribution in [3.63, 3.8) is 0 Å². The maximum Gasteiger partial charge on any atom is 0.109 e. The largest absolute Gasteiger partial charge is 0.322 e. The second-order valence-electron chi connectivity index (χ2n) is 2.28. The number of rotatable bonds is 2. The minimum Gasteiger partial charge on any atom is -0.322 e. The Morgan fingerprint density at radius 3 is 2.50 bits per heavy atom. The fraction of sp³-hybridized carbons (Fsp3) is 0.250. The minimum atomic E-state index is -0.525. The van der Waals surface area contributed by atoms with E-state index in [4.69, 9.17) is 5.73 Å². The highest BCUT2D eigenvalue weighted by Crippen LogP contribution is 2.21. The van der Waals surface area contributed by atoms with Crippen molar-refractivity contribution in [1.29, 1.82) is 0 Å². The van der Waals surface area contributed by atoms with Gasteiger partial charge in [0.1, 0.15) is 6.67 Å². The van der Waals surface area contributed by atoms with E-state index in [1.807, 2.05) is 24.3 Å². The van der Waals surface area contributed by atoms with Gasteiger partial charge in [-0.05, 0) is 11.6 Å². The molecular formula is C8H10BrClFN. The van der Waals surface area contributed by atoms with Crippen LogP contribution in [0.25, 0.3) is 0 Å². The summed E-state index contributed by atoms with van der Waals surface area (Å²) in [5.41, 5.74) is 6.30. The molecule has 0 saturated heterocycles. The maximum atomic E-state index is 12.1. The first-order valence-electron chi connectivity index (χ1n) is 3.31. The van der Waals surface area contributed by atoms with Crippen molar-refractivity contribution in [1.82, 2.24) is 0 Å². The van der Waals surface area contributed by atoms with Crippen LogP contribution in [0.15, 0.2) is 28.7 Å². The smallest absolute Gasteiger partial charge is 0.109 e. The first-order valence-corrected chi connectivity index (χ1v) is 4.11. The Labute approximate surface area is 85.7 Å². The average Bonchev–Trinajstić information content (AvgIpc) is 2.04. The molecule has 0 aliphatic heterocycles. The number of hydrogen-bond donors (Lipinski definition) is 1. The molecule has 1 rings (SSSR count). The molecule has 0 aromatic heterocycles. The minimum absolute atomic E-state index is 0. The maximum absolute atomic E-state index is 12.1. The lowest BCUT2D eigenvalue weighted by Crippen LogP contribution is -2.12. The third-order valence-electron chi connectivity index (χ3n) is 1.47. The van der Waals surface area contributed by atoms with Crippen LogP contribution in [0.5, 0.6) is 0 Å². The van der Waals surface area contributed by atoms with E-state index in [1.165, 1.54) is 0 Å². The molecule has 1 aromatic rings. The Morgan fingerprint density at radius 2 is 2.00 bits per heavy atom. The van der Waals surface area contributed by atoms with Crippen molar-refractivity contribution in [2.24, 2.45) is 5.73 Å². The van der Waals surface area contributed by atoms with Crippen LogP contribution in [0.3, 0.4) is 0 Å². The molecule has 68 valence electrons. The Hall–Kier alpha value is -0.120. The summed E-state index contributed by atoms with van der Waals surface area (Å²) in [6.07, 6.45) is 0. The van der Waals surface area contributed by atoms with Crippen molar-refractivity contribution in [3.8, 4) is 0 Å². The van der Waals surface area contributed by atoms with Gasteiger partial charge in [-0.3, -0.25) is 0 Å². The number of halogens is 3. The molecule has 0 bridgehead atoms. The Balaban J connectivity index is 0.00000121. The zero-order chi connectivity index (χ0) is 8.27. The fourth-order valence-corrected chi connectivity index (χ4v) is 1.44. The Kier molecular flexibility index (Phi) is 5.46. The second kappa shape index (κ2) is 5.51. The van der Waals surface area contributed by atoms with Crippen molar-refractivity contribution >= 4 is 28.3 Å². The molecule has 1 atom stereocenters. The highest BCUT2D eigenvalue weighted by molar-refractivity contribution is 9.10. The summed E-state index contributed by atoms with van der Waals surface area (Å²) in [6.45, 7) is -0.525. The summed E-state index contributed by atoms with van der Waals surface area (Å²) >= 11 is 3.29. The molecule has 0 saturated carbocycles. The van der Waals surface area contributed by atoms with Gasteiger partial charge < -0.3 is 5.73 Å². The topological polar surface area (TPSA) is 26.0 Å². The zero-order valence-corrected chi connectivity index (χ0v) is 8.74. The van der Waals surface area contributed by atoms with Crippen LogP contribution in [0, 0.1) is 0 Å². The summed E-state index contributed by atoms with van der Waals surface area (Å²) in [6, 6.07) is 6.87. The van der Waals surface area contributed by atoms with E-state index in [0.717, 1.165) is 10.0 Å². The normalized spacial score (nSPS) is 11.9. The summed E-state index contributed by atoms with van der Waals surface area (Å²) in [7, 11) is 0. The lowest BCUT2D eigenvalue weighted by Gasteiger charge is -2.08. The molecule has 2 N–H and O–H groups in total. The number of hydrogen-bond acceptors (Lipinski definition) is 1. The molecule has 0 spiro atoms. The summed E-state index contributed by atoms with van der Waals surface area (Å²) in [4.78, 5) is 0. The number of alkyl halides is 1. The number of benzene rings is 1. The van der Waals surface area contributed by atoms with Gasteiger partial charge in [0.2, 0.25) is 0 Å². The van der Waals surface area contributed by atoms with Gasteiger partial charge in [-0.1, -0.05) is 34.1 Å². The molecule has 1 nitrogen and oxygen atoms in total. The van der Waals surface area contributed by atoms with E-state index in [9.17, 15) is 4.39 Å². The first kappa shape index (κ1) is 11.9. The van der Waals surface area contributed by atoms with Gasteiger partial charge in [0.15, 0.2) is 0 Å². The summed E-state index contributed by atoms with van der Waals surface area (Å²) in [5, 5.41) is 0. The van der Waals surface area contributed by atoms with E-state index in [-0.39, 0.29) is 12.4 Å². The third kappa shape index (κ3) is 2.73. The van der Waals surface area contributed by atoms with Crippen LogP contribution in [0.4, 0.5) is 4.39 Å². The molecule has 0 amide bonds. The summed E-state index contributed by atoms with van der Waals surface area (Å²) < 4.78 is 13.0. The van der Waals surface area contributed by atoms with Crippen molar-refractivity contribution in [2.75, 3.05) is 6.67 Å². The highest BCUT2D eigenvalue weighted by atomic mass is 79.9. The molecular weight excluding hydrogens is 244 g/mol. The zero-order valence-electron chi connectivity index (χ0n) is 6.34. The van der Waals surface area contributed by atoms with E-state index in [2.05, 4.69) is 15.9 Å². The third-order valence-corrected chi connectivity index (χ3v) is 2.19. The molecule has 1 aromatic carbocycles. The lowest BCUT2D eigenvalue weighted by atomic mass is 10.1. The lowest BCUT2D eigenvalue weighted by molar-refractivity contribution is 0.436. The predicted molar refractivity (Wildman–Crippen MR) is 54.3 cm³/mol. The van der Waals surface area contributed by atoms with E-state index < -0.39 is 12.7 Å². The SMILES string of the molecule is Cl.NC(CF)c1ccccc1Br. The molecule has 0 heterocycles. The highest BCUT2D eigenvalue weighted by Gasteiger charge is 2.07. The van der Waals surface area contributed by atoms with Gasteiger partial charge in [-0.25, -0.2) is 4.39 Å². The van der Waals surface area contributed by atoms with Crippen LogP contribution in [-0.4, -0.2) is 6.67 Å². The van der Waals surface area contributed by atoms with Gasteiger partial charge in [0.05, 0.1) is 6.04 Å². The molecule has 1 unspecified atom stereocenters. The van der Waals surface area contributed by atoms with E-state index in [0.29, 0.717) is 0 Å². The average molecular weight is 255 g/mol. The van der Waals surface area contributed by atoms with Gasteiger partial charge >= 0.3 is 0 Å². The van der Waals surface area contributed by atoms with E-state index >= 15 is 0 Å².